The molecule has 0 saturated heterocycles. The first-order chi connectivity index (χ1) is 12.4. The third kappa shape index (κ3) is 6.00. The van der Waals surface area contributed by atoms with Crippen LogP contribution < -0.4 is 10.6 Å². The van der Waals surface area contributed by atoms with Crippen molar-refractivity contribution in [3.05, 3.63) is 34.0 Å². The Morgan fingerprint density at radius 3 is 2.85 bits per heavy atom. The van der Waals surface area contributed by atoms with Gasteiger partial charge in [0.05, 0.1) is 6.54 Å². The third-order valence-electron chi connectivity index (χ3n) is 4.12. The highest BCUT2D eigenvalue weighted by atomic mass is 32.2. The van der Waals surface area contributed by atoms with Crippen LogP contribution in [0.15, 0.2) is 21.8 Å². The maximum atomic E-state index is 10.7. The van der Waals surface area contributed by atoms with Crippen molar-refractivity contribution in [3.8, 4) is 0 Å². The lowest BCUT2D eigenvalue weighted by Gasteiger charge is -2.24. The lowest BCUT2D eigenvalue weighted by molar-refractivity contribution is 0.0621. The number of nitrogens with zero attached hydrogens (tertiary/aromatic N) is 4. The summed E-state index contributed by atoms with van der Waals surface area (Å²) in [6, 6.07) is 1.94. The molecule has 7 nitrogen and oxygen atoms in total. The van der Waals surface area contributed by atoms with E-state index in [4.69, 9.17) is 0 Å². The largest absolute Gasteiger partial charge is 0.384 e. The number of nitrogens with one attached hydrogen (secondary N) is 2. The molecule has 0 fully saturated rings. The second-order valence-electron chi connectivity index (χ2n) is 6.30. The van der Waals surface area contributed by atoms with Gasteiger partial charge in [0, 0.05) is 13.6 Å². The van der Waals surface area contributed by atoms with Crippen LogP contribution in [0.2, 0.25) is 0 Å². The van der Waals surface area contributed by atoms with Crippen molar-refractivity contribution in [3.63, 3.8) is 0 Å². The van der Waals surface area contributed by atoms with E-state index >= 15 is 0 Å². The van der Waals surface area contributed by atoms with E-state index in [-0.39, 0.29) is 0 Å². The molecule has 2 rings (SSSR count). The first-order valence-corrected chi connectivity index (χ1v) is 10.9. The van der Waals surface area contributed by atoms with Crippen LogP contribution in [0.3, 0.4) is 0 Å². The topological polar surface area (TPSA) is 87.4 Å². The molecule has 1 unspecified atom stereocenters. The molecule has 0 aliphatic carbocycles. The normalized spacial score (nSPS) is 14.3. The molecule has 3 N–H and O–H groups in total. The molecule has 9 heteroatoms. The van der Waals surface area contributed by atoms with Gasteiger partial charge in [-0.25, -0.2) is 4.99 Å². The Labute approximate surface area is 163 Å². The van der Waals surface area contributed by atoms with Gasteiger partial charge in [-0.15, -0.1) is 10.2 Å². The molecular weight excluding hydrogens is 368 g/mol. The average molecular weight is 397 g/mol. The van der Waals surface area contributed by atoms with E-state index in [0.717, 1.165) is 35.9 Å². The highest BCUT2D eigenvalue weighted by Gasteiger charge is 2.23. The van der Waals surface area contributed by atoms with Crippen molar-refractivity contribution >= 4 is 29.1 Å². The molecule has 0 radical (unpaired) electrons. The summed E-state index contributed by atoms with van der Waals surface area (Å²) >= 11 is 3.40. The minimum atomic E-state index is -0.955. The van der Waals surface area contributed by atoms with Crippen LogP contribution >= 0.6 is 23.1 Å². The summed E-state index contributed by atoms with van der Waals surface area (Å²) in [7, 11) is 1.93. The number of rotatable bonds is 9. The van der Waals surface area contributed by atoms with Gasteiger partial charge in [0.15, 0.2) is 11.8 Å². The molecule has 0 spiro atoms. The molecule has 2 aromatic heterocycles. The highest BCUT2D eigenvalue weighted by Crippen LogP contribution is 2.21. The Hall–Kier alpha value is -1.58. The van der Waals surface area contributed by atoms with Crippen LogP contribution in [0.4, 0.5) is 0 Å². The number of hydrogen-bond donors (Lipinski definition) is 3. The summed E-state index contributed by atoms with van der Waals surface area (Å²) in [6.07, 6.45) is 3.15. The van der Waals surface area contributed by atoms with Gasteiger partial charge in [0.1, 0.15) is 18.0 Å². The Bertz CT molecular complexity index is 696. The number of aryl methyl sites for hydroxylation is 1. The van der Waals surface area contributed by atoms with Gasteiger partial charge >= 0.3 is 0 Å². The van der Waals surface area contributed by atoms with Gasteiger partial charge in [-0.3, -0.25) is 0 Å². The number of aliphatic hydroxyl groups is 1. The van der Waals surface area contributed by atoms with Crippen molar-refractivity contribution < 1.29 is 5.11 Å². The van der Waals surface area contributed by atoms with E-state index in [1.807, 2.05) is 47.1 Å². The SMILES string of the molecule is CSCCCNC(=NCc1nnc(C)n1C)NCC(C)(O)c1ccsc1. The molecule has 1 atom stereocenters. The van der Waals surface area contributed by atoms with E-state index in [1.165, 1.54) is 0 Å². The molecule has 26 heavy (non-hydrogen) atoms. The number of thiophene rings is 1. The lowest BCUT2D eigenvalue weighted by atomic mass is 9.99. The zero-order chi connectivity index (χ0) is 19.0. The minimum Gasteiger partial charge on any atom is -0.384 e. The molecule has 0 aliphatic heterocycles. The highest BCUT2D eigenvalue weighted by molar-refractivity contribution is 7.98. The standard InChI is InChI=1S/C17H28N6OS2/c1-13-21-22-15(23(13)3)10-19-16(18-7-5-8-25-4)20-12-17(2,24)14-6-9-26-11-14/h6,9,11,24H,5,7-8,10,12H2,1-4H3,(H2,18,19,20). The van der Waals surface area contributed by atoms with E-state index in [2.05, 4.69) is 32.1 Å². The maximum Gasteiger partial charge on any atom is 0.191 e. The second kappa shape index (κ2) is 9.94. The molecule has 0 aliphatic rings. The number of guanidine groups is 1. The monoisotopic (exact) mass is 396 g/mol. The smallest absolute Gasteiger partial charge is 0.191 e. The number of thioether (sulfide) groups is 1. The van der Waals surface area contributed by atoms with Gasteiger partial charge in [-0.2, -0.15) is 23.1 Å². The summed E-state index contributed by atoms with van der Waals surface area (Å²) in [6.45, 7) is 5.34. The predicted molar refractivity (Wildman–Crippen MR) is 110 cm³/mol. The fourth-order valence-corrected chi connectivity index (χ4v) is 3.48. The van der Waals surface area contributed by atoms with Gasteiger partial charge in [-0.1, -0.05) is 0 Å². The summed E-state index contributed by atoms with van der Waals surface area (Å²) in [4.78, 5) is 4.61. The Balaban J connectivity index is 2.00. The minimum absolute atomic E-state index is 0.371. The molecule has 2 heterocycles. The van der Waals surface area contributed by atoms with Crippen LogP contribution in [0, 0.1) is 6.92 Å². The van der Waals surface area contributed by atoms with Crippen LogP contribution in [0.1, 0.15) is 30.6 Å². The van der Waals surface area contributed by atoms with Crippen molar-refractivity contribution in [1.29, 1.82) is 0 Å². The first kappa shape index (κ1) is 20.7. The number of aromatic nitrogens is 3. The van der Waals surface area contributed by atoms with E-state index in [0.29, 0.717) is 19.0 Å². The molecule has 0 bridgehead atoms. The molecule has 144 valence electrons. The summed E-state index contributed by atoms with van der Waals surface area (Å²) < 4.78 is 1.93. The maximum absolute atomic E-state index is 10.7. The van der Waals surface area contributed by atoms with E-state index in [9.17, 15) is 5.11 Å². The summed E-state index contributed by atoms with van der Waals surface area (Å²) in [5, 5.41) is 29.4. The van der Waals surface area contributed by atoms with Crippen LogP contribution in [0.5, 0.6) is 0 Å². The van der Waals surface area contributed by atoms with Crippen molar-refractivity contribution in [2.45, 2.75) is 32.4 Å². The average Bonchev–Trinajstić information content (AvgIpc) is 3.26. The van der Waals surface area contributed by atoms with Crippen LogP contribution in [0.25, 0.3) is 0 Å². The predicted octanol–water partition coefficient (Wildman–Crippen LogP) is 1.88. The first-order valence-electron chi connectivity index (χ1n) is 8.55. The van der Waals surface area contributed by atoms with Crippen molar-refractivity contribution in [1.82, 2.24) is 25.4 Å². The van der Waals surface area contributed by atoms with Crippen LogP contribution in [-0.2, 0) is 19.2 Å². The fraction of sp³-hybridized carbons (Fsp3) is 0.588. The Kier molecular flexibility index (Phi) is 7.92. The molecule has 0 saturated carbocycles. The summed E-state index contributed by atoms with van der Waals surface area (Å²) in [5.74, 6) is 3.42. The fourth-order valence-electron chi connectivity index (χ4n) is 2.26. The zero-order valence-corrected chi connectivity index (χ0v) is 17.5. The van der Waals surface area contributed by atoms with Crippen molar-refractivity contribution in [2.24, 2.45) is 12.0 Å². The lowest BCUT2D eigenvalue weighted by Crippen LogP contribution is -2.44. The Morgan fingerprint density at radius 1 is 1.42 bits per heavy atom. The quantitative estimate of drug-likeness (QED) is 0.341. The molecule has 0 aromatic carbocycles. The molecule has 2 aromatic rings. The van der Waals surface area contributed by atoms with E-state index in [1.54, 1.807) is 18.3 Å². The van der Waals surface area contributed by atoms with Gasteiger partial charge in [0.2, 0.25) is 0 Å². The van der Waals surface area contributed by atoms with E-state index < -0.39 is 5.60 Å². The second-order valence-corrected chi connectivity index (χ2v) is 8.07. The van der Waals surface area contributed by atoms with Crippen molar-refractivity contribution in [2.75, 3.05) is 25.1 Å². The van der Waals surface area contributed by atoms with Crippen LogP contribution in [-0.4, -0.2) is 50.9 Å². The van der Waals surface area contributed by atoms with Gasteiger partial charge in [-0.05, 0) is 54.7 Å². The zero-order valence-electron chi connectivity index (χ0n) is 15.8. The third-order valence-corrected chi connectivity index (χ3v) is 5.50. The molecule has 0 amide bonds. The molecular formula is C17H28N6OS2. The van der Waals surface area contributed by atoms with Gasteiger partial charge in [0.25, 0.3) is 0 Å². The number of hydrogen-bond acceptors (Lipinski definition) is 6. The van der Waals surface area contributed by atoms with Gasteiger partial charge < -0.3 is 20.3 Å². The number of aliphatic imine (C=N–C) groups is 1. The summed E-state index contributed by atoms with van der Waals surface area (Å²) in [5.41, 5.74) is -0.0519. The Morgan fingerprint density at radius 2 is 2.23 bits per heavy atom.